The minimum absolute atomic E-state index is 0.0997. The number of thiocarbonyl (C=S) groups is 1. The third-order valence-corrected chi connectivity index (χ3v) is 3.15. The van der Waals surface area contributed by atoms with Gasteiger partial charge in [-0.2, -0.15) is 0 Å². The van der Waals surface area contributed by atoms with Crippen molar-refractivity contribution in [3.63, 3.8) is 0 Å². The fourth-order valence-electron chi connectivity index (χ4n) is 1.95. The van der Waals surface area contributed by atoms with Gasteiger partial charge in [0, 0.05) is 13.1 Å². The first-order chi connectivity index (χ1) is 8.16. The number of carbonyl (C=O) groups excluding carboxylic acids is 2. The van der Waals surface area contributed by atoms with Crippen LogP contribution in [0.1, 0.15) is 6.42 Å². The summed E-state index contributed by atoms with van der Waals surface area (Å²) in [5.41, 5.74) is 0. The zero-order valence-corrected chi connectivity index (χ0v) is 10.2. The molecule has 2 N–H and O–H groups in total. The summed E-state index contributed by atoms with van der Waals surface area (Å²) < 4.78 is 5.23. The lowest BCUT2D eigenvalue weighted by molar-refractivity contribution is -0.135. The maximum atomic E-state index is 11.6. The van der Waals surface area contributed by atoms with Gasteiger partial charge >= 0.3 is 0 Å². The summed E-state index contributed by atoms with van der Waals surface area (Å²) in [6, 6.07) is 0. The van der Waals surface area contributed by atoms with Gasteiger partial charge in [0.1, 0.15) is 5.92 Å². The second-order valence-electron chi connectivity index (χ2n) is 4.10. The van der Waals surface area contributed by atoms with Crippen LogP contribution in [0.2, 0.25) is 0 Å². The van der Waals surface area contributed by atoms with Gasteiger partial charge < -0.3 is 15.4 Å². The standard InChI is InChI=1S/C10H15N3O3S/c14-8-7(9(15)12-10(17)11-8)1-2-13-3-5-16-6-4-13/h7H,1-6H2,(H2,11,12,14,15,17). The summed E-state index contributed by atoms with van der Waals surface area (Å²) in [7, 11) is 0. The van der Waals surface area contributed by atoms with Crippen LogP contribution in [-0.2, 0) is 14.3 Å². The van der Waals surface area contributed by atoms with Crippen LogP contribution < -0.4 is 10.6 Å². The van der Waals surface area contributed by atoms with E-state index in [9.17, 15) is 9.59 Å². The van der Waals surface area contributed by atoms with E-state index in [-0.39, 0.29) is 16.9 Å². The van der Waals surface area contributed by atoms with Gasteiger partial charge in [-0.05, 0) is 25.2 Å². The van der Waals surface area contributed by atoms with Crippen LogP contribution in [-0.4, -0.2) is 54.7 Å². The van der Waals surface area contributed by atoms with Crippen molar-refractivity contribution in [2.24, 2.45) is 5.92 Å². The van der Waals surface area contributed by atoms with E-state index in [0.29, 0.717) is 19.6 Å². The maximum absolute atomic E-state index is 11.6. The Labute approximate surface area is 105 Å². The lowest BCUT2D eigenvalue weighted by atomic mass is 10.0. The summed E-state index contributed by atoms with van der Waals surface area (Å²) >= 11 is 4.73. The van der Waals surface area contributed by atoms with Crippen molar-refractivity contribution in [2.45, 2.75) is 6.42 Å². The van der Waals surface area contributed by atoms with Crippen molar-refractivity contribution in [1.29, 1.82) is 0 Å². The maximum Gasteiger partial charge on any atom is 0.238 e. The molecule has 2 rings (SSSR count). The number of morpholine rings is 1. The first-order valence-corrected chi connectivity index (χ1v) is 6.03. The summed E-state index contributed by atoms with van der Waals surface area (Å²) in [5.74, 6) is -1.23. The van der Waals surface area contributed by atoms with Crippen LogP contribution in [0.25, 0.3) is 0 Å². The summed E-state index contributed by atoms with van der Waals surface area (Å²) in [5, 5.41) is 5.03. The highest BCUT2D eigenvalue weighted by Gasteiger charge is 2.32. The zero-order chi connectivity index (χ0) is 12.3. The van der Waals surface area contributed by atoms with E-state index in [1.165, 1.54) is 0 Å². The molecule has 94 valence electrons. The number of carbonyl (C=O) groups is 2. The fourth-order valence-corrected chi connectivity index (χ4v) is 2.15. The van der Waals surface area contributed by atoms with Crippen molar-refractivity contribution in [3.8, 4) is 0 Å². The SMILES string of the molecule is O=C1NC(=S)NC(=O)C1CCN1CCOCC1. The van der Waals surface area contributed by atoms with Crippen molar-refractivity contribution in [3.05, 3.63) is 0 Å². The molecule has 0 aromatic rings. The Kier molecular flexibility index (Phi) is 4.03. The van der Waals surface area contributed by atoms with E-state index in [1.807, 2.05) is 0 Å². The lowest BCUT2D eigenvalue weighted by Gasteiger charge is -2.29. The van der Waals surface area contributed by atoms with Gasteiger partial charge in [0.25, 0.3) is 0 Å². The predicted molar refractivity (Wildman–Crippen MR) is 64.2 cm³/mol. The Morgan fingerprint density at radius 2 is 1.82 bits per heavy atom. The van der Waals surface area contributed by atoms with Crippen LogP contribution in [0.15, 0.2) is 0 Å². The number of hydrogen-bond acceptors (Lipinski definition) is 5. The molecule has 17 heavy (non-hydrogen) atoms. The molecule has 2 aliphatic heterocycles. The number of amides is 2. The molecule has 2 heterocycles. The van der Waals surface area contributed by atoms with Crippen LogP contribution >= 0.6 is 12.2 Å². The molecule has 7 heteroatoms. The molecule has 2 amide bonds. The van der Waals surface area contributed by atoms with Gasteiger partial charge in [-0.25, -0.2) is 0 Å². The molecule has 2 fully saturated rings. The molecule has 0 spiro atoms. The van der Waals surface area contributed by atoms with Crippen LogP contribution in [0, 0.1) is 5.92 Å². The zero-order valence-electron chi connectivity index (χ0n) is 9.40. The number of nitrogens with zero attached hydrogens (tertiary/aromatic N) is 1. The lowest BCUT2D eigenvalue weighted by Crippen LogP contribution is -2.56. The quantitative estimate of drug-likeness (QED) is 0.494. The molecule has 0 bridgehead atoms. The van der Waals surface area contributed by atoms with E-state index < -0.39 is 5.92 Å². The number of nitrogens with one attached hydrogen (secondary N) is 2. The average Bonchev–Trinajstić information content (AvgIpc) is 2.29. The third-order valence-electron chi connectivity index (χ3n) is 2.94. The third kappa shape index (κ3) is 3.21. The Bertz CT molecular complexity index is 322. The number of ether oxygens (including phenoxy) is 1. The minimum atomic E-state index is -0.635. The van der Waals surface area contributed by atoms with Gasteiger partial charge in [0.15, 0.2) is 5.11 Å². The van der Waals surface area contributed by atoms with Crippen LogP contribution in [0.3, 0.4) is 0 Å². The molecule has 0 aromatic carbocycles. The number of rotatable bonds is 3. The van der Waals surface area contributed by atoms with Gasteiger partial charge in [-0.1, -0.05) is 0 Å². The van der Waals surface area contributed by atoms with E-state index in [0.717, 1.165) is 19.6 Å². The molecule has 0 unspecified atom stereocenters. The molecule has 0 saturated carbocycles. The normalized spacial score (nSPS) is 23.4. The Morgan fingerprint density at radius 3 is 2.41 bits per heavy atom. The molecule has 0 radical (unpaired) electrons. The van der Waals surface area contributed by atoms with E-state index in [1.54, 1.807) is 0 Å². The Morgan fingerprint density at radius 1 is 1.24 bits per heavy atom. The van der Waals surface area contributed by atoms with Gasteiger partial charge in [-0.3, -0.25) is 14.5 Å². The molecule has 2 aliphatic rings. The highest BCUT2D eigenvalue weighted by molar-refractivity contribution is 7.80. The summed E-state index contributed by atoms with van der Waals surface area (Å²) in [4.78, 5) is 25.4. The summed E-state index contributed by atoms with van der Waals surface area (Å²) in [6.07, 6.45) is 0.514. The topological polar surface area (TPSA) is 70.7 Å². The van der Waals surface area contributed by atoms with E-state index in [2.05, 4.69) is 15.5 Å². The van der Waals surface area contributed by atoms with Crippen LogP contribution in [0.4, 0.5) is 0 Å². The molecule has 0 aliphatic carbocycles. The molecular weight excluding hydrogens is 242 g/mol. The van der Waals surface area contributed by atoms with Gasteiger partial charge in [0.2, 0.25) is 11.8 Å². The predicted octanol–water partition coefficient (Wildman–Crippen LogP) is -1.14. The van der Waals surface area contributed by atoms with Crippen LogP contribution in [0.5, 0.6) is 0 Å². The van der Waals surface area contributed by atoms with Gasteiger partial charge in [-0.15, -0.1) is 0 Å². The second-order valence-corrected chi connectivity index (χ2v) is 4.51. The largest absolute Gasteiger partial charge is 0.379 e. The highest BCUT2D eigenvalue weighted by atomic mass is 32.1. The average molecular weight is 257 g/mol. The first kappa shape index (κ1) is 12.4. The smallest absolute Gasteiger partial charge is 0.238 e. The van der Waals surface area contributed by atoms with E-state index >= 15 is 0 Å². The Hall–Kier alpha value is -1.05. The van der Waals surface area contributed by atoms with Crippen molar-refractivity contribution in [1.82, 2.24) is 15.5 Å². The minimum Gasteiger partial charge on any atom is -0.379 e. The van der Waals surface area contributed by atoms with Crippen molar-refractivity contribution >= 4 is 29.1 Å². The molecule has 0 aromatic heterocycles. The second kappa shape index (κ2) is 5.52. The molecule has 0 atom stereocenters. The van der Waals surface area contributed by atoms with E-state index in [4.69, 9.17) is 17.0 Å². The Balaban J connectivity index is 1.83. The van der Waals surface area contributed by atoms with Gasteiger partial charge in [0.05, 0.1) is 13.2 Å². The molecular formula is C10H15N3O3S. The molecule has 6 nitrogen and oxygen atoms in total. The number of hydrogen-bond donors (Lipinski definition) is 2. The first-order valence-electron chi connectivity index (χ1n) is 5.62. The van der Waals surface area contributed by atoms with Crippen molar-refractivity contribution < 1.29 is 14.3 Å². The fraction of sp³-hybridized carbons (Fsp3) is 0.700. The summed E-state index contributed by atoms with van der Waals surface area (Å²) in [6.45, 7) is 3.87. The highest BCUT2D eigenvalue weighted by Crippen LogP contribution is 2.09. The monoisotopic (exact) mass is 257 g/mol. The van der Waals surface area contributed by atoms with Crippen molar-refractivity contribution in [2.75, 3.05) is 32.8 Å². The molecule has 2 saturated heterocycles.